The Bertz CT molecular complexity index is 1220. The summed E-state index contributed by atoms with van der Waals surface area (Å²) in [6, 6.07) is 18.1. The number of halogens is 2. The van der Waals surface area contributed by atoms with Crippen LogP contribution in [0.25, 0.3) is 0 Å². The van der Waals surface area contributed by atoms with Crippen LogP contribution in [0.5, 0.6) is 5.75 Å². The predicted octanol–water partition coefficient (Wildman–Crippen LogP) is 5.54. The van der Waals surface area contributed by atoms with Crippen LogP contribution in [-0.4, -0.2) is 36.3 Å². The number of carboxylic acids is 1. The van der Waals surface area contributed by atoms with E-state index in [2.05, 4.69) is 60.6 Å². The number of ether oxygens (including phenoxy) is 1. The molecule has 0 atom stereocenters. The molecule has 0 radical (unpaired) electrons. The highest BCUT2D eigenvalue weighted by Crippen LogP contribution is 2.29. The molecule has 0 aromatic heterocycles. The first-order valence-corrected chi connectivity index (χ1v) is 13.2. The number of hydrazone groups is 1. The van der Waals surface area contributed by atoms with Crippen molar-refractivity contribution in [2.75, 3.05) is 18.0 Å². The number of carbonyl (C=O) groups excluding carboxylic acids is 1. The molecule has 1 fully saturated rings. The number of nitrogens with zero attached hydrogens (tertiary/aromatic N) is 2. The van der Waals surface area contributed by atoms with E-state index in [-0.39, 0.29) is 11.5 Å². The van der Waals surface area contributed by atoms with Gasteiger partial charge in [0.2, 0.25) is 0 Å². The van der Waals surface area contributed by atoms with Crippen LogP contribution in [0.4, 0.5) is 5.69 Å². The van der Waals surface area contributed by atoms with Gasteiger partial charge < -0.3 is 14.7 Å². The van der Waals surface area contributed by atoms with Gasteiger partial charge in [-0.1, -0.05) is 12.1 Å². The van der Waals surface area contributed by atoms with Gasteiger partial charge in [0.15, 0.2) is 0 Å². The first-order valence-electron chi connectivity index (χ1n) is 11.0. The van der Waals surface area contributed by atoms with Gasteiger partial charge in [-0.3, -0.25) is 4.79 Å². The standard InChI is InChI=1S/C26H23I2N3O4/c27-22-13-18(14-23(28)24(22)35-16-17-3-5-20(6-4-17)26(33)34)15-29-30-25(32)19-7-9-21(10-8-19)31-11-1-2-12-31/h3-10,13-15H,1-2,11-12,16H2,(H,30,32)(H,33,34)/b29-15-. The second-order valence-electron chi connectivity index (χ2n) is 8.04. The Morgan fingerprint density at radius 2 is 1.57 bits per heavy atom. The largest absolute Gasteiger partial charge is 0.487 e. The summed E-state index contributed by atoms with van der Waals surface area (Å²) in [5.41, 5.74) is 6.25. The van der Waals surface area contributed by atoms with E-state index in [1.807, 2.05) is 36.4 Å². The normalized spacial score (nSPS) is 13.3. The molecule has 7 nitrogen and oxygen atoms in total. The van der Waals surface area contributed by atoms with Crippen molar-refractivity contribution in [2.24, 2.45) is 5.10 Å². The lowest BCUT2D eigenvalue weighted by atomic mass is 10.1. The molecule has 0 saturated carbocycles. The van der Waals surface area contributed by atoms with E-state index < -0.39 is 5.97 Å². The van der Waals surface area contributed by atoms with Crippen LogP contribution >= 0.6 is 45.2 Å². The van der Waals surface area contributed by atoms with Crippen LogP contribution in [0.1, 0.15) is 44.7 Å². The molecule has 3 aromatic rings. The third kappa shape index (κ3) is 6.72. The number of anilines is 1. The van der Waals surface area contributed by atoms with Gasteiger partial charge in [0, 0.05) is 24.3 Å². The smallest absolute Gasteiger partial charge is 0.335 e. The van der Waals surface area contributed by atoms with E-state index in [1.54, 1.807) is 30.5 Å². The highest BCUT2D eigenvalue weighted by molar-refractivity contribution is 14.1. The molecule has 4 rings (SSSR count). The number of carbonyl (C=O) groups is 2. The van der Waals surface area contributed by atoms with Gasteiger partial charge >= 0.3 is 5.97 Å². The molecular formula is C26H23I2N3O4. The van der Waals surface area contributed by atoms with Crippen LogP contribution < -0.4 is 15.1 Å². The second kappa shape index (κ2) is 11.8. The van der Waals surface area contributed by atoms with Gasteiger partial charge in [-0.2, -0.15) is 5.10 Å². The van der Waals surface area contributed by atoms with Crippen molar-refractivity contribution < 1.29 is 19.4 Å². The molecule has 1 amide bonds. The van der Waals surface area contributed by atoms with Crippen LogP contribution in [0.15, 0.2) is 65.8 Å². The molecule has 180 valence electrons. The van der Waals surface area contributed by atoms with E-state index >= 15 is 0 Å². The fraction of sp³-hybridized carbons (Fsp3) is 0.192. The Kier molecular flexibility index (Phi) is 8.60. The van der Waals surface area contributed by atoms with Gasteiger partial charge in [-0.15, -0.1) is 0 Å². The monoisotopic (exact) mass is 695 g/mol. The summed E-state index contributed by atoms with van der Waals surface area (Å²) in [4.78, 5) is 25.8. The SMILES string of the molecule is O=C(O)c1ccc(COc2c(I)cc(/C=N\NC(=O)c3ccc(N4CCCC4)cc3)cc2I)cc1. The number of benzene rings is 3. The van der Waals surface area contributed by atoms with Gasteiger partial charge in [0.1, 0.15) is 12.4 Å². The van der Waals surface area contributed by atoms with Gasteiger partial charge in [0.05, 0.1) is 18.9 Å². The Morgan fingerprint density at radius 1 is 0.971 bits per heavy atom. The summed E-state index contributed by atoms with van der Waals surface area (Å²) < 4.78 is 7.78. The minimum Gasteiger partial charge on any atom is -0.487 e. The number of amides is 1. The topological polar surface area (TPSA) is 91.2 Å². The fourth-order valence-electron chi connectivity index (χ4n) is 3.72. The number of aromatic carboxylic acids is 1. The van der Waals surface area contributed by atoms with E-state index in [4.69, 9.17) is 9.84 Å². The molecule has 1 aliphatic heterocycles. The maximum atomic E-state index is 12.4. The second-order valence-corrected chi connectivity index (χ2v) is 10.4. The van der Waals surface area contributed by atoms with E-state index in [0.29, 0.717) is 12.2 Å². The summed E-state index contributed by atoms with van der Waals surface area (Å²) in [6.07, 6.45) is 4.03. The molecule has 9 heteroatoms. The molecule has 35 heavy (non-hydrogen) atoms. The average molecular weight is 695 g/mol. The van der Waals surface area contributed by atoms with E-state index in [0.717, 1.165) is 42.8 Å². The van der Waals surface area contributed by atoms with Crippen molar-refractivity contribution in [2.45, 2.75) is 19.4 Å². The Morgan fingerprint density at radius 3 is 2.17 bits per heavy atom. The van der Waals surface area contributed by atoms with Crippen LogP contribution in [0.2, 0.25) is 0 Å². The summed E-state index contributed by atoms with van der Waals surface area (Å²) in [6.45, 7) is 2.46. The van der Waals surface area contributed by atoms with Crippen molar-refractivity contribution in [3.8, 4) is 5.75 Å². The Labute approximate surface area is 230 Å². The average Bonchev–Trinajstić information content (AvgIpc) is 3.39. The number of nitrogens with one attached hydrogen (secondary N) is 1. The first-order chi connectivity index (χ1) is 16.9. The third-order valence-corrected chi connectivity index (χ3v) is 7.19. The molecule has 2 N–H and O–H groups in total. The van der Waals surface area contributed by atoms with Gasteiger partial charge in [-0.25, -0.2) is 10.2 Å². The first kappa shape index (κ1) is 25.4. The molecule has 1 saturated heterocycles. The maximum Gasteiger partial charge on any atom is 0.335 e. The van der Waals surface area contributed by atoms with Crippen LogP contribution in [-0.2, 0) is 6.61 Å². The van der Waals surface area contributed by atoms with Gasteiger partial charge in [-0.05, 0) is 118 Å². The number of hydrogen-bond donors (Lipinski definition) is 2. The molecular weight excluding hydrogens is 672 g/mol. The number of rotatable bonds is 8. The van der Waals surface area contributed by atoms with Crippen molar-refractivity contribution >= 4 is 69.0 Å². The minimum absolute atomic E-state index is 0.243. The van der Waals surface area contributed by atoms with E-state index in [1.165, 1.54) is 12.8 Å². The van der Waals surface area contributed by atoms with Crippen molar-refractivity contribution in [3.63, 3.8) is 0 Å². The van der Waals surface area contributed by atoms with Crippen molar-refractivity contribution in [3.05, 3.63) is 90.1 Å². The fourth-order valence-corrected chi connectivity index (χ4v) is 5.85. The number of hydrogen-bond acceptors (Lipinski definition) is 5. The molecule has 3 aromatic carbocycles. The zero-order valence-corrected chi connectivity index (χ0v) is 23.0. The zero-order chi connectivity index (χ0) is 24.8. The lowest BCUT2D eigenvalue weighted by molar-refractivity contribution is 0.0696. The predicted molar refractivity (Wildman–Crippen MR) is 153 cm³/mol. The van der Waals surface area contributed by atoms with Gasteiger partial charge in [0.25, 0.3) is 5.91 Å². The van der Waals surface area contributed by atoms with Crippen LogP contribution in [0, 0.1) is 7.14 Å². The van der Waals surface area contributed by atoms with Crippen LogP contribution in [0.3, 0.4) is 0 Å². The summed E-state index contributed by atoms with van der Waals surface area (Å²) in [7, 11) is 0. The highest BCUT2D eigenvalue weighted by atomic mass is 127. The third-order valence-electron chi connectivity index (χ3n) is 5.59. The quantitative estimate of drug-likeness (QED) is 0.184. The molecule has 1 aliphatic rings. The Hall–Kier alpha value is -2.67. The summed E-state index contributed by atoms with van der Waals surface area (Å²) in [5.74, 6) is -0.467. The molecule has 0 bridgehead atoms. The molecule has 0 spiro atoms. The summed E-state index contributed by atoms with van der Waals surface area (Å²) >= 11 is 4.40. The lowest BCUT2D eigenvalue weighted by Crippen LogP contribution is -2.19. The molecule has 0 unspecified atom stereocenters. The Balaban J connectivity index is 1.34. The maximum absolute atomic E-state index is 12.4. The zero-order valence-electron chi connectivity index (χ0n) is 18.7. The van der Waals surface area contributed by atoms with Crippen molar-refractivity contribution in [1.29, 1.82) is 0 Å². The minimum atomic E-state index is -0.953. The lowest BCUT2D eigenvalue weighted by Gasteiger charge is -2.17. The summed E-state index contributed by atoms with van der Waals surface area (Å²) in [5, 5.41) is 13.1. The van der Waals surface area contributed by atoms with E-state index in [9.17, 15) is 9.59 Å². The molecule has 1 heterocycles. The molecule has 0 aliphatic carbocycles. The highest BCUT2D eigenvalue weighted by Gasteiger charge is 2.13. The number of carboxylic acid groups (broad SMARTS) is 1. The van der Waals surface area contributed by atoms with Crippen molar-refractivity contribution in [1.82, 2.24) is 5.43 Å².